The number of amides is 2. The van der Waals surface area contributed by atoms with Crippen molar-refractivity contribution < 1.29 is 24.2 Å². The molecule has 1 aliphatic heterocycles. The number of hydrogen-bond acceptors (Lipinski definition) is 4. The van der Waals surface area contributed by atoms with Gasteiger partial charge in [0.2, 0.25) is 5.91 Å². The van der Waals surface area contributed by atoms with Gasteiger partial charge < -0.3 is 20.1 Å². The van der Waals surface area contributed by atoms with Gasteiger partial charge in [-0.15, -0.1) is 0 Å². The smallest absolute Gasteiger partial charge is 0.410 e. The van der Waals surface area contributed by atoms with E-state index in [4.69, 9.17) is 9.84 Å². The van der Waals surface area contributed by atoms with Gasteiger partial charge in [0.25, 0.3) is 0 Å². The van der Waals surface area contributed by atoms with Gasteiger partial charge in [0, 0.05) is 32.0 Å². The first-order chi connectivity index (χ1) is 9.03. The van der Waals surface area contributed by atoms with Crippen molar-refractivity contribution in [3.8, 4) is 0 Å². The lowest BCUT2D eigenvalue weighted by molar-refractivity contribution is -0.144. The van der Waals surface area contributed by atoms with Crippen molar-refractivity contribution in [2.45, 2.75) is 39.7 Å². The lowest BCUT2D eigenvalue weighted by Crippen LogP contribution is -2.63. The topological polar surface area (TPSA) is 95.9 Å². The van der Waals surface area contributed by atoms with Crippen LogP contribution in [0.4, 0.5) is 4.79 Å². The molecule has 0 aliphatic carbocycles. The first-order valence-corrected chi connectivity index (χ1v) is 6.47. The van der Waals surface area contributed by atoms with Gasteiger partial charge in [0.1, 0.15) is 5.60 Å². The summed E-state index contributed by atoms with van der Waals surface area (Å²) in [6.45, 7) is 7.47. The van der Waals surface area contributed by atoms with E-state index in [0.29, 0.717) is 0 Å². The number of carbonyl (C=O) groups excluding carboxylic acids is 2. The molecule has 2 N–H and O–H groups in total. The Morgan fingerprint density at radius 1 is 1.30 bits per heavy atom. The van der Waals surface area contributed by atoms with E-state index < -0.39 is 23.1 Å². The van der Waals surface area contributed by atoms with Crippen LogP contribution in [0.25, 0.3) is 0 Å². The number of carboxylic acids is 1. The summed E-state index contributed by atoms with van der Waals surface area (Å²) < 4.78 is 5.22. The highest BCUT2D eigenvalue weighted by molar-refractivity contribution is 5.74. The Balaban J connectivity index is 2.58. The molecule has 0 spiro atoms. The van der Waals surface area contributed by atoms with Crippen LogP contribution in [-0.2, 0) is 14.3 Å². The van der Waals surface area contributed by atoms with Crippen LogP contribution in [0.3, 0.4) is 0 Å². The van der Waals surface area contributed by atoms with Crippen LogP contribution in [-0.4, -0.2) is 53.2 Å². The molecule has 1 heterocycles. The number of ether oxygens (including phenoxy) is 1. The predicted molar refractivity (Wildman–Crippen MR) is 71.2 cm³/mol. The van der Waals surface area contributed by atoms with Crippen molar-refractivity contribution in [1.29, 1.82) is 0 Å². The maximum Gasteiger partial charge on any atom is 0.410 e. The van der Waals surface area contributed by atoms with Crippen LogP contribution in [0.1, 0.15) is 34.1 Å². The summed E-state index contributed by atoms with van der Waals surface area (Å²) >= 11 is 0. The second-order valence-electron chi connectivity index (χ2n) is 6.32. The Kier molecular flexibility index (Phi) is 4.62. The van der Waals surface area contributed by atoms with Crippen LogP contribution < -0.4 is 5.32 Å². The first-order valence-electron chi connectivity index (χ1n) is 6.47. The Hall–Kier alpha value is -1.79. The Morgan fingerprint density at radius 2 is 1.85 bits per heavy atom. The van der Waals surface area contributed by atoms with Gasteiger partial charge in [0.05, 0.1) is 6.42 Å². The highest BCUT2D eigenvalue weighted by Gasteiger charge is 2.47. The zero-order chi connectivity index (χ0) is 15.6. The summed E-state index contributed by atoms with van der Waals surface area (Å²) in [4.78, 5) is 35.1. The third-order valence-electron chi connectivity index (χ3n) is 2.94. The number of hydrogen-bond donors (Lipinski definition) is 2. The molecule has 0 unspecified atom stereocenters. The lowest BCUT2D eigenvalue weighted by atomic mass is 9.77. The van der Waals surface area contributed by atoms with Crippen LogP contribution >= 0.6 is 0 Å². The molecule has 2 amide bonds. The van der Waals surface area contributed by atoms with E-state index in [1.54, 1.807) is 20.8 Å². The zero-order valence-electron chi connectivity index (χ0n) is 12.4. The predicted octanol–water partition coefficient (Wildman–Crippen LogP) is 0.834. The van der Waals surface area contributed by atoms with E-state index in [9.17, 15) is 14.4 Å². The molecule has 0 saturated carbocycles. The van der Waals surface area contributed by atoms with Gasteiger partial charge in [-0.3, -0.25) is 9.59 Å². The largest absolute Gasteiger partial charge is 0.481 e. The zero-order valence-corrected chi connectivity index (χ0v) is 12.4. The number of nitrogens with one attached hydrogen (secondary N) is 1. The number of carbonyl (C=O) groups is 3. The van der Waals surface area contributed by atoms with Gasteiger partial charge in [-0.2, -0.15) is 0 Å². The Bertz CT molecular complexity index is 407. The minimum absolute atomic E-state index is 0.0907. The summed E-state index contributed by atoms with van der Waals surface area (Å²) in [5.74, 6) is -1.16. The fourth-order valence-corrected chi connectivity index (χ4v) is 2.14. The highest BCUT2D eigenvalue weighted by atomic mass is 16.6. The third kappa shape index (κ3) is 4.71. The summed E-state index contributed by atoms with van der Waals surface area (Å²) in [6.07, 6.45) is -0.548. The van der Waals surface area contributed by atoms with Crippen LogP contribution in [0, 0.1) is 5.41 Å². The number of carboxylic acid groups (broad SMARTS) is 1. The van der Waals surface area contributed by atoms with Crippen molar-refractivity contribution in [2.24, 2.45) is 5.41 Å². The van der Waals surface area contributed by atoms with Gasteiger partial charge in [-0.05, 0) is 20.8 Å². The van der Waals surface area contributed by atoms with Crippen molar-refractivity contribution in [3.05, 3.63) is 0 Å². The quantitative estimate of drug-likeness (QED) is 0.798. The molecule has 114 valence electrons. The minimum atomic E-state index is -0.945. The first kappa shape index (κ1) is 16.3. The van der Waals surface area contributed by atoms with E-state index in [1.165, 1.54) is 11.8 Å². The summed E-state index contributed by atoms with van der Waals surface area (Å²) in [5, 5.41) is 11.6. The van der Waals surface area contributed by atoms with Crippen molar-refractivity contribution in [3.63, 3.8) is 0 Å². The van der Waals surface area contributed by atoms with E-state index >= 15 is 0 Å². The van der Waals surface area contributed by atoms with Crippen molar-refractivity contribution >= 4 is 18.0 Å². The number of rotatable bonds is 4. The van der Waals surface area contributed by atoms with E-state index in [2.05, 4.69) is 5.32 Å². The van der Waals surface area contributed by atoms with Gasteiger partial charge in [-0.25, -0.2) is 4.79 Å². The normalized spacial score (nSPS) is 17.1. The SMILES string of the molecule is CC(=O)NCC1(CC(=O)O)CN(C(=O)OC(C)(C)C)C1. The lowest BCUT2D eigenvalue weighted by Gasteiger charge is -2.49. The Morgan fingerprint density at radius 3 is 2.25 bits per heavy atom. The molecule has 0 atom stereocenters. The molecule has 1 saturated heterocycles. The fourth-order valence-electron chi connectivity index (χ4n) is 2.14. The number of nitrogens with zero attached hydrogens (tertiary/aromatic N) is 1. The maximum atomic E-state index is 11.8. The molecule has 0 aromatic rings. The molecule has 0 radical (unpaired) electrons. The molecular weight excluding hydrogens is 264 g/mol. The molecule has 0 aromatic carbocycles. The molecule has 1 aliphatic rings. The van der Waals surface area contributed by atoms with E-state index in [1.807, 2.05) is 0 Å². The summed E-state index contributed by atoms with van der Waals surface area (Å²) in [5.41, 5.74) is -1.19. The molecular formula is C13H22N2O5. The molecule has 7 nitrogen and oxygen atoms in total. The highest BCUT2D eigenvalue weighted by Crippen LogP contribution is 2.34. The van der Waals surface area contributed by atoms with Crippen LogP contribution in [0.5, 0.6) is 0 Å². The molecule has 1 rings (SSSR count). The second kappa shape index (κ2) is 5.68. The van der Waals surface area contributed by atoms with E-state index in [-0.39, 0.29) is 32.0 Å². The third-order valence-corrected chi connectivity index (χ3v) is 2.94. The fraction of sp³-hybridized carbons (Fsp3) is 0.769. The Labute approximate surface area is 118 Å². The van der Waals surface area contributed by atoms with Gasteiger partial charge in [0.15, 0.2) is 0 Å². The molecule has 1 fully saturated rings. The summed E-state index contributed by atoms with van der Waals surface area (Å²) in [6, 6.07) is 0. The average molecular weight is 286 g/mol. The number of aliphatic carboxylic acids is 1. The van der Waals surface area contributed by atoms with Gasteiger partial charge >= 0.3 is 12.1 Å². The molecule has 7 heteroatoms. The minimum Gasteiger partial charge on any atom is -0.481 e. The maximum absolute atomic E-state index is 11.8. The average Bonchev–Trinajstić information content (AvgIpc) is 2.17. The standard InChI is InChI=1S/C13H22N2O5/c1-9(16)14-6-13(5-10(17)18)7-15(8-13)11(19)20-12(2,3)4/h5-8H2,1-4H3,(H,14,16)(H,17,18). The molecule has 0 bridgehead atoms. The van der Waals surface area contributed by atoms with Crippen molar-refractivity contribution in [2.75, 3.05) is 19.6 Å². The van der Waals surface area contributed by atoms with Crippen molar-refractivity contribution in [1.82, 2.24) is 10.2 Å². The monoisotopic (exact) mass is 286 g/mol. The van der Waals surface area contributed by atoms with Crippen LogP contribution in [0.15, 0.2) is 0 Å². The second-order valence-corrected chi connectivity index (χ2v) is 6.32. The van der Waals surface area contributed by atoms with Gasteiger partial charge in [-0.1, -0.05) is 0 Å². The number of likely N-dealkylation sites (tertiary alicyclic amines) is 1. The molecule has 0 aromatic heterocycles. The molecule has 20 heavy (non-hydrogen) atoms. The van der Waals surface area contributed by atoms with E-state index in [0.717, 1.165) is 0 Å². The summed E-state index contributed by atoms with van der Waals surface area (Å²) in [7, 11) is 0. The van der Waals surface area contributed by atoms with Crippen LogP contribution in [0.2, 0.25) is 0 Å².